The average Bonchev–Trinajstić information content (AvgIpc) is 3.05. The maximum Gasteiger partial charge on any atom is 0.0456 e. The zero-order valence-electron chi connectivity index (χ0n) is 22.1. The minimum atomic E-state index is 0.356. The van der Waals surface area contributed by atoms with Crippen LogP contribution in [0.3, 0.4) is 0 Å². The molecule has 4 saturated carbocycles. The molecule has 4 aliphatic carbocycles. The van der Waals surface area contributed by atoms with E-state index in [0.29, 0.717) is 34.2 Å². The van der Waals surface area contributed by atoms with Gasteiger partial charge in [0.15, 0.2) is 0 Å². The minimum Gasteiger partial charge on any atom is -0.396 e. The topological polar surface area (TPSA) is 20.2 Å². The first-order valence-corrected chi connectivity index (χ1v) is 14.1. The van der Waals surface area contributed by atoms with E-state index < -0.39 is 0 Å². The van der Waals surface area contributed by atoms with Crippen molar-refractivity contribution in [1.82, 2.24) is 0 Å². The quantitative estimate of drug-likeness (QED) is 0.448. The number of aliphatic hydroxyl groups is 1. The highest BCUT2D eigenvalue weighted by molar-refractivity contribution is 5.16. The van der Waals surface area contributed by atoms with Gasteiger partial charge < -0.3 is 5.11 Å². The Balaban J connectivity index is 1.52. The van der Waals surface area contributed by atoms with Crippen molar-refractivity contribution in [3.05, 3.63) is 0 Å². The van der Waals surface area contributed by atoms with Crippen LogP contribution in [-0.4, -0.2) is 11.7 Å². The fraction of sp³-hybridized carbons (Fsp3) is 1.00. The van der Waals surface area contributed by atoms with Gasteiger partial charge in [-0.2, -0.15) is 0 Å². The van der Waals surface area contributed by atoms with Crippen LogP contribution in [0.1, 0.15) is 126 Å². The van der Waals surface area contributed by atoms with E-state index in [4.69, 9.17) is 0 Å². The van der Waals surface area contributed by atoms with Crippen molar-refractivity contribution in [1.29, 1.82) is 0 Å². The summed E-state index contributed by atoms with van der Waals surface area (Å²) < 4.78 is 0. The monoisotopic (exact) mass is 430 g/mol. The first-order chi connectivity index (χ1) is 14.5. The fourth-order valence-electron chi connectivity index (χ4n) is 10.7. The van der Waals surface area contributed by atoms with Crippen LogP contribution in [0.15, 0.2) is 0 Å². The Labute approximate surface area is 194 Å². The van der Waals surface area contributed by atoms with Crippen LogP contribution < -0.4 is 0 Å². The number of hydrogen-bond acceptors (Lipinski definition) is 1. The van der Waals surface area contributed by atoms with Gasteiger partial charge in [0.25, 0.3) is 0 Å². The van der Waals surface area contributed by atoms with Crippen LogP contribution in [0, 0.1) is 57.2 Å². The van der Waals surface area contributed by atoms with Crippen LogP contribution in [0.25, 0.3) is 0 Å². The van der Waals surface area contributed by atoms with Gasteiger partial charge >= 0.3 is 0 Å². The summed E-state index contributed by atoms with van der Waals surface area (Å²) in [6.07, 6.45) is 17.2. The molecule has 31 heavy (non-hydrogen) atoms. The average molecular weight is 431 g/mol. The Morgan fingerprint density at radius 3 is 2.19 bits per heavy atom. The van der Waals surface area contributed by atoms with Gasteiger partial charge in [0.1, 0.15) is 0 Å². The van der Waals surface area contributed by atoms with Gasteiger partial charge in [0.2, 0.25) is 0 Å². The summed E-state index contributed by atoms with van der Waals surface area (Å²) in [6.45, 7) is 18.6. The maximum atomic E-state index is 9.37. The third kappa shape index (κ3) is 3.66. The summed E-state index contributed by atoms with van der Waals surface area (Å²) in [6, 6.07) is 0. The maximum absolute atomic E-state index is 9.37. The van der Waals surface area contributed by atoms with Crippen LogP contribution in [-0.2, 0) is 0 Å². The predicted molar refractivity (Wildman–Crippen MR) is 133 cm³/mol. The van der Waals surface area contributed by atoms with E-state index in [2.05, 4.69) is 48.5 Å². The molecule has 4 fully saturated rings. The first kappa shape index (κ1) is 24.1. The molecule has 180 valence electrons. The number of rotatable bonds is 6. The third-order valence-electron chi connectivity index (χ3n) is 12.6. The Kier molecular flexibility index (Phi) is 6.47. The molecule has 1 N–H and O–H groups in total. The third-order valence-corrected chi connectivity index (χ3v) is 12.6. The Morgan fingerprint density at radius 2 is 1.48 bits per heavy atom. The lowest BCUT2D eigenvalue weighted by Crippen LogP contribution is -2.62. The molecule has 0 heterocycles. The second-order valence-corrected chi connectivity index (χ2v) is 14.4. The SMILES string of the molecule is CC(CO)CCC[C@@H](C)[C@H]1CC[C@]2(C)[C@@H]1CC[C@@H]1[C@@]3(C)CCCC(C)(C)[C@@H]3CC[C@]12C. The molecule has 0 aliphatic heterocycles. The van der Waals surface area contributed by atoms with Crippen molar-refractivity contribution in [2.24, 2.45) is 57.2 Å². The molecule has 4 aliphatic rings. The molecule has 0 saturated heterocycles. The number of hydrogen-bond donors (Lipinski definition) is 1. The summed E-state index contributed by atoms with van der Waals surface area (Å²) in [5.74, 6) is 5.12. The molecule has 9 atom stereocenters. The Morgan fingerprint density at radius 1 is 0.774 bits per heavy atom. The number of aliphatic hydroxyl groups excluding tert-OH is 1. The summed E-state index contributed by atoms with van der Waals surface area (Å²) in [5.41, 5.74) is 2.23. The second-order valence-electron chi connectivity index (χ2n) is 14.4. The van der Waals surface area contributed by atoms with Gasteiger partial charge in [-0.1, -0.05) is 67.7 Å². The second kappa shape index (κ2) is 8.32. The zero-order chi connectivity index (χ0) is 22.7. The molecule has 0 spiro atoms. The fourth-order valence-corrected chi connectivity index (χ4v) is 10.7. The molecule has 4 rings (SSSR count). The highest BCUT2D eigenvalue weighted by Gasteiger charge is 2.67. The Bertz CT molecular complexity index is 638. The van der Waals surface area contributed by atoms with Crippen molar-refractivity contribution in [3.8, 4) is 0 Å². The van der Waals surface area contributed by atoms with Crippen LogP contribution >= 0.6 is 0 Å². The molecular formula is C30H54O. The molecule has 1 heteroatoms. The highest BCUT2D eigenvalue weighted by Crippen LogP contribution is 2.75. The van der Waals surface area contributed by atoms with Crippen LogP contribution in [0.5, 0.6) is 0 Å². The highest BCUT2D eigenvalue weighted by atomic mass is 16.3. The summed E-state index contributed by atoms with van der Waals surface area (Å²) in [7, 11) is 0. The lowest BCUT2D eigenvalue weighted by atomic mass is 9.35. The van der Waals surface area contributed by atoms with E-state index in [1.807, 2.05) is 0 Å². The van der Waals surface area contributed by atoms with E-state index in [0.717, 1.165) is 29.6 Å². The van der Waals surface area contributed by atoms with Crippen molar-refractivity contribution in [2.45, 2.75) is 126 Å². The largest absolute Gasteiger partial charge is 0.396 e. The summed E-state index contributed by atoms with van der Waals surface area (Å²) in [5, 5.41) is 9.37. The standard InChI is InChI=1S/C30H54O/c1-21(20-31)10-8-11-22(2)23-14-18-29(6)24(23)12-13-26-28(5)17-9-16-27(3,4)25(28)15-19-30(26,29)7/h21-26,31H,8-20H2,1-7H3/t21?,22-,23-,24-,25+,26-,28+,29-,30-/m1/s1. The van der Waals surface area contributed by atoms with Gasteiger partial charge in [-0.3, -0.25) is 0 Å². The molecule has 0 aromatic heterocycles. The molecule has 0 aromatic carbocycles. The van der Waals surface area contributed by atoms with Gasteiger partial charge in [-0.15, -0.1) is 0 Å². The van der Waals surface area contributed by atoms with Crippen molar-refractivity contribution in [3.63, 3.8) is 0 Å². The van der Waals surface area contributed by atoms with Crippen molar-refractivity contribution in [2.75, 3.05) is 6.61 Å². The van der Waals surface area contributed by atoms with Gasteiger partial charge in [-0.25, -0.2) is 0 Å². The van der Waals surface area contributed by atoms with Crippen LogP contribution in [0.2, 0.25) is 0 Å². The Hall–Kier alpha value is -0.0400. The van der Waals surface area contributed by atoms with E-state index in [1.54, 1.807) is 0 Å². The minimum absolute atomic E-state index is 0.356. The van der Waals surface area contributed by atoms with Crippen molar-refractivity contribution < 1.29 is 5.11 Å². The zero-order valence-corrected chi connectivity index (χ0v) is 22.1. The smallest absolute Gasteiger partial charge is 0.0456 e. The molecular weight excluding hydrogens is 376 g/mol. The van der Waals surface area contributed by atoms with E-state index >= 15 is 0 Å². The molecule has 1 nitrogen and oxygen atoms in total. The van der Waals surface area contributed by atoms with Gasteiger partial charge in [-0.05, 0) is 115 Å². The summed E-state index contributed by atoms with van der Waals surface area (Å²) >= 11 is 0. The molecule has 0 radical (unpaired) electrons. The molecule has 0 bridgehead atoms. The van der Waals surface area contributed by atoms with Gasteiger partial charge in [0.05, 0.1) is 0 Å². The summed E-state index contributed by atoms with van der Waals surface area (Å²) in [4.78, 5) is 0. The van der Waals surface area contributed by atoms with E-state index in [-0.39, 0.29) is 0 Å². The molecule has 0 amide bonds. The van der Waals surface area contributed by atoms with Gasteiger partial charge in [0, 0.05) is 6.61 Å². The van der Waals surface area contributed by atoms with E-state index in [1.165, 1.54) is 77.0 Å². The number of fused-ring (bicyclic) bond motifs is 5. The first-order valence-electron chi connectivity index (χ1n) is 14.1. The van der Waals surface area contributed by atoms with Crippen LogP contribution in [0.4, 0.5) is 0 Å². The molecule has 1 unspecified atom stereocenters. The molecule has 0 aromatic rings. The lowest BCUT2D eigenvalue weighted by Gasteiger charge is -2.69. The lowest BCUT2D eigenvalue weighted by molar-refractivity contribution is -0.203. The normalized spacial score (nSPS) is 48.4. The van der Waals surface area contributed by atoms with Crippen molar-refractivity contribution >= 4 is 0 Å². The van der Waals surface area contributed by atoms with E-state index in [9.17, 15) is 5.11 Å². The predicted octanol–water partition coefficient (Wildman–Crippen LogP) is 8.50.